The highest BCUT2D eigenvalue weighted by atomic mass is 32.2. The van der Waals surface area contributed by atoms with Gasteiger partial charge in [-0.3, -0.25) is 19.4 Å². The van der Waals surface area contributed by atoms with E-state index in [0.29, 0.717) is 44.1 Å². The molecule has 3 aliphatic rings. The molecule has 0 bridgehead atoms. The second-order valence-electron chi connectivity index (χ2n) is 11.6. The van der Waals surface area contributed by atoms with Gasteiger partial charge in [-0.05, 0) is 56.6 Å². The van der Waals surface area contributed by atoms with Crippen molar-refractivity contribution in [3.05, 3.63) is 30.1 Å². The highest BCUT2D eigenvalue weighted by molar-refractivity contribution is 8.00. The summed E-state index contributed by atoms with van der Waals surface area (Å²) in [6.07, 6.45) is 9.70. The first-order valence-electron chi connectivity index (χ1n) is 14.8. The van der Waals surface area contributed by atoms with Crippen LogP contribution in [0.15, 0.2) is 24.5 Å². The number of esters is 1. The van der Waals surface area contributed by atoms with Gasteiger partial charge in [-0.15, -0.1) is 0 Å². The van der Waals surface area contributed by atoms with E-state index < -0.39 is 35.1 Å². The number of unbranched alkanes of at least 4 members (excludes halogenated alkanes) is 1. The lowest BCUT2D eigenvalue weighted by molar-refractivity contribution is -0.157. The van der Waals surface area contributed by atoms with Crippen molar-refractivity contribution in [1.82, 2.24) is 20.5 Å². The fraction of sp³-hybridized carbons (Fsp3) is 0.667. The van der Waals surface area contributed by atoms with Gasteiger partial charge in [-0.25, -0.2) is 9.59 Å². The molecule has 0 aromatic carbocycles. The minimum absolute atomic E-state index is 0.0640. The van der Waals surface area contributed by atoms with E-state index in [9.17, 15) is 24.0 Å². The monoisotopic (exact) mass is 604 g/mol. The van der Waals surface area contributed by atoms with E-state index in [2.05, 4.69) is 15.6 Å². The molecule has 3 N–H and O–H groups in total. The zero-order chi connectivity index (χ0) is 30.7. The normalized spacial score (nSPS) is 22.8. The topological polar surface area (TPSA) is 155 Å². The maximum absolute atomic E-state index is 12.5. The third-order valence-electron chi connectivity index (χ3n) is 8.12. The molecular formula is C30H44N4O7S. The summed E-state index contributed by atoms with van der Waals surface area (Å²) in [7, 11) is 0. The molecule has 0 aliphatic carbocycles. The summed E-state index contributed by atoms with van der Waals surface area (Å²) in [6.45, 7) is 6.12. The molecule has 232 valence electrons. The number of aromatic nitrogens is 1. The van der Waals surface area contributed by atoms with Crippen LogP contribution in [0.1, 0.15) is 77.7 Å². The first kappa shape index (κ1) is 33.4. The second-order valence-corrected chi connectivity index (χ2v) is 12.9. The first-order chi connectivity index (χ1) is 20.0. The number of thioether (sulfide) groups is 1. The molecule has 42 heavy (non-hydrogen) atoms. The number of fused-ring (bicyclic) bond motifs is 1. The average Bonchev–Trinajstić information content (AvgIpc) is 3.70. The van der Waals surface area contributed by atoms with Crippen molar-refractivity contribution in [2.24, 2.45) is 5.41 Å². The zero-order valence-corrected chi connectivity index (χ0v) is 25.6. The third kappa shape index (κ3) is 9.43. The summed E-state index contributed by atoms with van der Waals surface area (Å²) >= 11 is 1.87. The molecule has 1 aromatic heterocycles. The Balaban J connectivity index is 0.000000258. The number of Topliss-reactive ketones (excluding diaryl/α,β-unsaturated/α-hetero) is 1. The molecule has 3 saturated heterocycles. The van der Waals surface area contributed by atoms with E-state index in [1.54, 1.807) is 26.2 Å². The molecule has 3 amide bonds. The number of hydrogen-bond donors (Lipinski definition) is 3. The first-order valence-corrected chi connectivity index (χ1v) is 15.9. The Hall–Kier alpha value is -3.15. The van der Waals surface area contributed by atoms with Crippen molar-refractivity contribution in [2.45, 2.75) is 102 Å². The number of pyridine rings is 1. The Bertz CT molecular complexity index is 1100. The van der Waals surface area contributed by atoms with Crippen LogP contribution >= 0.6 is 11.8 Å². The summed E-state index contributed by atoms with van der Waals surface area (Å²) in [5.41, 5.74) is 0.381. The van der Waals surface area contributed by atoms with Gasteiger partial charge in [0.25, 0.3) is 5.91 Å². The highest BCUT2D eigenvalue weighted by Gasteiger charge is 2.43. The SMILES string of the molecule is CCC(C)(C)C(=O)C(=O)N1CCCC1C(=O)OCCCc1cccnc1.O=C(O)CCCC[C@@H]1SC[C@@H]2NC(=O)N[C@@H]21. The number of ether oxygens (including phenoxy) is 1. The second kappa shape index (κ2) is 15.9. The minimum Gasteiger partial charge on any atom is -0.481 e. The summed E-state index contributed by atoms with van der Waals surface area (Å²) in [6, 6.07) is 3.65. The number of aliphatic carboxylic acids is 1. The van der Waals surface area contributed by atoms with Crippen LogP contribution in [0, 0.1) is 5.41 Å². The van der Waals surface area contributed by atoms with E-state index in [1.165, 1.54) is 4.90 Å². The molecule has 4 rings (SSSR count). The van der Waals surface area contributed by atoms with E-state index in [4.69, 9.17) is 9.84 Å². The Morgan fingerprint density at radius 2 is 1.98 bits per heavy atom. The summed E-state index contributed by atoms with van der Waals surface area (Å²) in [5.74, 6) is -1.17. The van der Waals surface area contributed by atoms with E-state index in [1.807, 2.05) is 30.8 Å². The predicted octanol–water partition coefficient (Wildman–Crippen LogP) is 3.35. The van der Waals surface area contributed by atoms with Crippen molar-refractivity contribution in [3.8, 4) is 0 Å². The van der Waals surface area contributed by atoms with E-state index >= 15 is 0 Å². The van der Waals surface area contributed by atoms with Gasteiger partial charge in [0, 0.05) is 41.8 Å². The van der Waals surface area contributed by atoms with Crippen LogP contribution < -0.4 is 10.6 Å². The van der Waals surface area contributed by atoms with Crippen LogP contribution in [0.2, 0.25) is 0 Å². The Labute approximate surface area is 251 Å². The molecule has 1 unspecified atom stereocenters. The number of carboxylic acid groups (broad SMARTS) is 1. The molecule has 0 saturated carbocycles. The maximum atomic E-state index is 12.5. The number of carbonyl (C=O) groups excluding carboxylic acids is 4. The molecule has 4 atom stereocenters. The number of carboxylic acids is 1. The molecule has 12 heteroatoms. The number of urea groups is 1. The van der Waals surface area contributed by atoms with Crippen LogP contribution in [-0.2, 0) is 30.3 Å². The standard InChI is InChI=1S/C20H28N2O4.C10H16N2O3S/c1-4-20(2,3)17(23)18(24)22-12-6-10-16(22)19(25)26-13-7-9-15-8-5-11-21-14-15;13-8(14)4-2-1-3-7-9-6(5-16-7)11-10(15)12-9/h5,8,11,14,16H,4,6-7,9-10,12-13H2,1-3H3;6-7,9H,1-5H2,(H,13,14)(H2,11,12,15)/t;6-,7-,9-/m.0/s1. The highest BCUT2D eigenvalue weighted by Crippen LogP contribution is 2.33. The molecular weight excluding hydrogens is 560 g/mol. The van der Waals surface area contributed by atoms with Crippen molar-refractivity contribution in [1.29, 1.82) is 0 Å². The zero-order valence-electron chi connectivity index (χ0n) is 24.8. The van der Waals surface area contributed by atoms with Gasteiger partial charge in [0.1, 0.15) is 6.04 Å². The van der Waals surface area contributed by atoms with Crippen molar-refractivity contribution < 1.29 is 33.8 Å². The smallest absolute Gasteiger partial charge is 0.328 e. The van der Waals surface area contributed by atoms with Crippen LogP contribution in [0.25, 0.3) is 0 Å². The lowest BCUT2D eigenvalue weighted by atomic mass is 9.84. The van der Waals surface area contributed by atoms with Crippen LogP contribution in [0.4, 0.5) is 4.79 Å². The quantitative estimate of drug-likeness (QED) is 0.133. The average molecular weight is 605 g/mol. The summed E-state index contributed by atoms with van der Waals surface area (Å²) in [5, 5.41) is 14.8. The number of ketones is 1. The number of nitrogens with one attached hydrogen (secondary N) is 2. The van der Waals surface area contributed by atoms with Gasteiger partial charge >= 0.3 is 18.0 Å². The van der Waals surface area contributed by atoms with Crippen LogP contribution in [0.3, 0.4) is 0 Å². The molecule has 4 heterocycles. The number of hydrogen-bond acceptors (Lipinski definition) is 8. The van der Waals surface area contributed by atoms with Gasteiger partial charge in [0.15, 0.2) is 0 Å². The van der Waals surface area contributed by atoms with Gasteiger partial charge in [-0.1, -0.05) is 33.3 Å². The van der Waals surface area contributed by atoms with Crippen molar-refractivity contribution in [3.63, 3.8) is 0 Å². The van der Waals surface area contributed by atoms with Crippen molar-refractivity contribution in [2.75, 3.05) is 18.9 Å². The summed E-state index contributed by atoms with van der Waals surface area (Å²) in [4.78, 5) is 64.2. The molecule has 1 aromatic rings. The molecule has 3 fully saturated rings. The lowest BCUT2D eigenvalue weighted by Crippen LogP contribution is -2.48. The number of amides is 3. The number of carbonyl (C=O) groups is 5. The third-order valence-corrected chi connectivity index (χ3v) is 9.63. The number of nitrogens with zero attached hydrogens (tertiary/aromatic N) is 2. The number of likely N-dealkylation sites (tertiary alicyclic amines) is 1. The van der Waals surface area contributed by atoms with Gasteiger partial charge in [0.2, 0.25) is 5.78 Å². The van der Waals surface area contributed by atoms with Gasteiger partial charge in [0.05, 0.1) is 18.7 Å². The minimum atomic E-state index is -0.729. The molecule has 11 nitrogen and oxygen atoms in total. The fourth-order valence-electron chi connectivity index (χ4n) is 5.19. The lowest BCUT2D eigenvalue weighted by Gasteiger charge is -2.27. The van der Waals surface area contributed by atoms with Gasteiger partial charge in [-0.2, -0.15) is 11.8 Å². The van der Waals surface area contributed by atoms with Crippen LogP contribution in [-0.4, -0.2) is 86.9 Å². The fourth-order valence-corrected chi connectivity index (χ4v) is 6.73. The Morgan fingerprint density at radius 1 is 1.19 bits per heavy atom. The van der Waals surface area contributed by atoms with E-state index in [-0.39, 0.29) is 24.5 Å². The molecule has 0 radical (unpaired) electrons. The number of aryl methyl sites for hydroxylation is 1. The molecule has 0 spiro atoms. The predicted molar refractivity (Wildman–Crippen MR) is 159 cm³/mol. The van der Waals surface area contributed by atoms with Crippen molar-refractivity contribution >= 4 is 41.4 Å². The largest absolute Gasteiger partial charge is 0.481 e. The van der Waals surface area contributed by atoms with Gasteiger partial charge < -0.3 is 25.4 Å². The van der Waals surface area contributed by atoms with Crippen LogP contribution in [0.5, 0.6) is 0 Å². The Kier molecular flexibility index (Phi) is 12.6. The number of rotatable bonds is 13. The summed E-state index contributed by atoms with van der Waals surface area (Å²) < 4.78 is 5.36. The van der Waals surface area contributed by atoms with E-state index in [0.717, 1.165) is 37.0 Å². The maximum Gasteiger partial charge on any atom is 0.328 e. The Morgan fingerprint density at radius 3 is 2.67 bits per heavy atom. The molecule has 3 aliphatic heterocycles.